The Hall–Kier alpha value is -2.16. The van der Waals surface area contributed by atoms with Gasteiger partial charge in [0.25, 0.3) is 0 Å². The van der Waals surface area contributed by atoms with Crippen LogP contribution >= 0.6 is 0 Å². The van der Waals surface area contributed by atoms with Gasteiger partial charge in [-0.2, -0.15) is 0 Å². The average molecular weight is 251 g/mol. The molecule has 0 radical (unpaired) electrons. The van der Waals surface area contributed by atoms with Crippen molar-refractivity contribution in [2.45, 2.75) is 25.7 Å². The second-order valence-corrected chi connectivity index (χ2v) is 5.24. The number of benzene rings is 1. The minimum Gasteiger partial charge on any atom is -0.355 e. The first-order chi connectivity index (χ1) is 9.27. The normalized spacial score (nSPS) is 16.8. The molecule has 1 N–H and O–H groups in total. The minimum absolute atomic E-state index is 0.00426. The summed E-state index contributed by atoms with van der Waals surface area (Å²) in [7, 11) is 0. The lowest BCUT2D eigenvalue weighted by molar-refractivity contribution is 0.0976. The quantitative estimate of drug-likeness (QED) is 0.667. The van der Waals surface area contributed by atoms with Gasteiger partial charge in [-0.05, 0) is 31.2 Å². The molecule has 0 spiro atoms. The van der Waals surface area contributed by atoms with Crippen LogP contribution in [-0.2, 0) is 12.8 Å². The van der Waals surface area contributed by atoms with Crippen molar-refractivity contribution in [2.24, 2.45) is 0 Å². The van der Waals surface area contributed by atoms with Crippen molar-refractivity contribution in [3.05, 3.63) is 57.9 Å². The van der Waals surface area contributed by atoms with E-state index in [1.807, 2.05) is 6.07 Å². The summed E-state index contributed by atoms with van der Waals surface area (Å²) in [4.78, 5) is 28.3. The van der Waals surface area contributed by atoms with E-state index in [0.29, 0.717) is 22.4 Å². The van der Waals surface area contributed by atoms with Crippen LogP contribution in [0.1, 0.15) is 56.1 Å². The summed E-state index contributed by atoms with van der Waals surface area (Å²) >= 11 is 0. The lowest BCUT2D eigenvalue weighted by atomic mass is 9.84. The van der Waals surface area contributed by atoms with Gasteiger partial charge in [-0.3, -0.25) is 9.59 Å². The molecular formula is C16H13NO2. The molecule has 0 aliphatic heterocycles. The van der Waals surface area contributed by atoms with Crippen LogP contribution in [0.5, 0.6) is 0 Å². The van der Waals surface area contributed by atoms with Crippen LogP contribution in [0.2, 0.25) is 0 Å². The molecule has 0 fully saturated rings. The Kier molecular flexibility index (Phi) is 2.07. The fourth-order valence-electron chi connectivity index (χ4n) is 3.25. The Morgan fingerprint density at radius 2 is 1.58 bits per heavy atom. The Morgan fingerprint density at radius 1 is 0.895 bits per heavy atom. The van der Waals surface area contributed by atoms with Crippen LogP contribution in [0.15, 0.2) is 24.3 Å². The molecule has 0 unspecified atom stereocenters. The number of ketones is 2. The maximum absolute atomic E-state index is 12.6. The number of fused-ring (bicyclic) bond motifs is 4. The van der Waals surface area contributed by atoms with Gasteiger partial charge >= 0.3 is 0 Å². The number of carbonyl (C=O) groups excluding carboxylic acids is 2. The maximum atomic E-state index is 12.6. The molecule has 0 amide bonds. The van der Waals surface area contributed by atoms with Gasteiger partial charge in [-0.1, -0.05) is 24.3 Å². The van der Waals surface area contributed by atoms with Crippen molar-refractivity contribution >= 4 is 11.6 Å². The minimum atomic E-state index is -0.0420. The molecule has 1 aromatic heterocycles. The Balaban J connectivity index is 2.01. The predicted octanol–water partition coefficient (Wildman–Crippen LogP) is 2.67. The number of aryl methyl sites for hydroxylation is 1. The van der Waals surface area contributed by atoms with Gasteiger partial charge in [0, 0.05) is 16.8 Å². The Morgan fingerprint density at radius 3 is 2.37 bits per heavy atom. The Bertz CT molecular complexity index is 724. The zero-order chi connectivity index (χ0) is 13.0. The Labute approximate surface area is 110 Å². The van der Waals surface area contributed by atoms with Gasteiger partial charge in [0.05, 0.1) is 11.3 Å². The largest absolute Gasteiger partial charge is 0.355 e. The van der Waals surface area contributed by atoms with Crippen LogP contribution in [0.4, 0.5) is 0 Å². The number of aromatic nitrogens is 1. The van der Waals surface area contributed by atoms with E-state index in [2.05, 4.69) is 4.98 Å². The van der Waals surface area contributed by atoms with Crippen molar-refractivity contribution in [3.8, 4) is 0 Å². The first-order valence-electron chi connectivity index (χ1n) is 6.69. The number of hydrogen-bond acceptors (Lipinski definition) is 2. The van der Waals surface area contributed by atoms with E-state index in [-0.39, 0.29) is 11.6 Å². The van der Waals surface area contributed by atoms with Crippen LogP contribution in [0.25, 0.3) is 0 Å². The van der Waals surface area contributed by atoms with Crippen molar-refractivity contribution < 1.29 is 9.59 Å². The van der Waals surface area contributed by atoms with E-state index < -0.39 is 0 Å². The molecule has 3 heteroatoms. The molecule has 2 aliphatic rings. The molecule has 1 aromatic carbocycles. The molecule has 94 valence electrons. The molecule has 19 heavy (non-hydrogen) atoms. The monoisotopic (exact) mass is 251 g/mol. The lowest BCUT2D eigenvalue weighted by Gasteiger charge is -2.16. The standard InChI is InChI=1S/C16H13NO2/c18-15-9-5-1-2-6-10(9)16(19)14-13(15)11-7-3-4-8-12(11)17-14/h1-2,5-6,17H,3-4,7-8H2. The van der Waals surface area contributed by atoms with Gasteiger partial charge in [0.2, 0.25) is 5.78 Å². The van der Waals surface area contributed by atoms with Crippen LogP contribution in [-0.4, -0.2) is 16.6 Å². The molecule has 4 rings (SSSR count). The van der Waals surface area contributed by atoms with Gasteiger partial charge in [-0.25, -0.2) is 0 Å². The summed E-state index contributed by atoms with van der Waals surface area (Å²) in [6, 6.07) is 7.10. The van der Waals surface area contributed by atoms with Gasteiger partial charge in [-0.15, -0.1) is 0 Å². The van der Waals surface area contributed by atoms with Gasteiger partial charge < -0.3 is 4.98 Å². The zero-order valence-electron chi connectivity index (χ0n) is 10.5. The number of carbonyl (C=O) groups is 2. The molecule has 0 saturated heterocycles. The number of aromatic amines is 1. The molecule has 3 nitrogen and oxygen atoms in total. The summed E-state index contributed by atoms with van der Waals surface area (Å²) in [5.41, 5.74) is 4.39. The molecule has 0 atom stereocenters. The molecule has 0 bridgehead atoms. The van der Waals surface area contributed by atoms with E-state index in [1.165, 1.54) is 0 Å². The highest BCUT2D eigenvalue weighted by molar-refractivity contribution is 6.28. The third-order valence-corrected chi connectivity index (χ3v) is 4.17. The highest BCUT2D eigenvalue weighted by Crippen LogP contribution is 2.34. The smallest absolute Gasteiger partial charge is 0.210 e. The summed E-state index contributed by atoms with van der Waals surface area (Å²) in [6.45, 7) is 0. The number of hydrogen-bond donors (Lipinski definition) is 1. The second kappa shape index (κ2) is 3.67. The lowest BCUT2D eigenvalue weighted by Crippen LogP contribution is -2.21. The van der Waals surface area contributed by atoms with Crippen LogP contribution < -0.4 is 0 Å². The summed E-state index contributed by atoms with van der Waals surface area (Å²) < 4.78 is 0. The number of H-pyrrole nitrogens is 1. The molecule has 1 heterocycles. The van der Waals surface area contributed by atoms with Gasteiger partial charge in [0.15, 0.2) is 5.78 Å². The van der Waals surface area contributed by atoms with E-state index in [0.717, 1.165) is 36.9 Å². The number of nitrogens with one attached hydrogen (secondary N) is 1. The first kappa shape index (κ1) is 10.7. The summed E-state index contributed by atoms with van der Waals surface area (Å²) in [5, 5.41) is 0. The SMILES string of the molecule is O=C1c2ccccc2C(=O)c2c1[nH]c1c2CCCC1. The van der Waals surface area contributed by atoms with E-state index in [1.54, 1.807) is 18.2 Å². The second-order valence-electron chi connectivity index (χ2n) is 5.24. The van der Waals surface area contributed by atoms with Gasteiger partial charge in [0.1, 0.15) is 0 Å². The van der Waals surface area contributed by atoms with Crippen LogP contribution in [0, 0.1) is 0 Å². The summed E-state index contributed by atoms with van der Waals surface area (Å²) in [6.07, 6.45) is 4.07. The predicted molar refractivity (Wildman–Crippen MR) is 70.7 cm³/mol. The van der Waals surface area contributed by atoms with Crippen molar-refractivity contribution in [3.63, 3.8) is 0 Å². The topological polar surface area (TPSA) is 49.9 Å². The molecule has 2 aromatic rings. The third kappa shape index (κ3) is 1.33. The van der Waals surface area contributed by atoms with Crippen molar-refractivity contribution in [1.29, 1.82) is 0 Å². The van der Waals surface area contributed by atoms with Crippen molar-refractivity contribution in [2.75, 3.05) is 0 Å². The van der Waals surface area contributed by atoms with E-state index in [9.17, 15) is 9.59 Å². The van der Waals surface area contributed by atoms with Crippen molar-refractivity contribution in [1.82, 2.24) is 4.98 Å². The highest BCUT2D eigenvalue weighted by atomic mass is 16.1. The fourth-order valence-corrected chi connectivity index (χ4v) is 3.25. The summed E-state index contributed by atoms with van der Waals surface area (Å²) in [5.74, 6) is -0.0378. The average Bonchev–Trinajstić information content (AvgIpc) is 2.84. The van der Waals surface area contributed by atoms with Crippen LogP contribution in [0.3, 0.4) is 0 Å². The first-order valence-corrected chi connectivity index (χ1v) is 6.69. The van der Waals surface area contributed by atoms with E-state index >= 15 is 0 Å². The zero-order valence-corrected chi connectivity index (χ0v) is 10.5. The van der Waals surface area contributed by atoms with E-state index in [4.69, 9.17) is 0 Å². The maximum Gasteiger partial charge on any atom is 0.210 e. The third-order valence-electron chi connectivity index (χ3n) is 4.17. The highest BCUT2D eigenvalue weighted by Gasteiger charge is 2.35. The molecule has 0 saturated carbocycles. The number of rotatable bonds is 0. The fraction of sp³-hybridized carbons (Fsp3) is 0.250. The molecule has 2 aliphatic carbocycles. The molecular weight excluding hydrogens is 238 g/mol.